The van der Waals surface area contributed by atoms with Crippen molar-refractivity contribution in [1.29, 1.82) is 0 Å². The molecule has 1 aliphatic rings. The lowest BCUT2D eigenvalue weighted by atomic mass is 9.87. The first-order valence-corrected chi connectivity index (χ1v) is 11.3. The van der Waals surface area contributed by atoms with E-state index in [4.69, 9.17) is 19.7 Å². The lowest BCUT2D eigenvalue weighted by Crippen LogP contribution is -2.74. The van der Waals surface area contributed by atoms with E-state index in [9.17, 15) is 32.3 Å². The van der Waals surface area contributed by atoms with Gasteiger partial charge in [-0.2, -0.15) is 13.2 Å². The van der Waals surface area contributed by atoms with E-state index in [2.05, 4.69) is 4.98 Å². The number of fused-ring (bicyclic) bond motifs is 1. The van der Waals surface area contributed by atoms with Crippen LogP contribution >= 0.6 is 0 Å². The third-order valence-corrected chi connectivity index (χ3v) is 5.51. The Morgan fingerprint density at radius 3 is 2.12 bits per heavy atom. The molecule has 0 saturated carbocycles. The van der Waals surface area contributed by atoms with Gasteiger partial charge < -0.3 is 14.9 Å². The summed E-state index contributed by atoms with van der Waals surface area (Å²) in [4.78, 5) is 60.8. The number of barbiturate groups is 1. The van der Waals surface area contributed by atoms with E-state index in [1.54, 1.807) is 24.3 Å². The van der Waals surface area contributed by atoms with E-state index in [0.717, 1.165) is 22.2 Å². The molecule has 1 aromatic heterocycles. The molecule has 4 rings (SSSR count). The first kappa shape index (κ1) is 29.3. The number of nitrogens with zero attached hydrogens (tertiary/aromatic N) is 1. The molecule has 15 heteroatoms. The summed E-state index contributed by atoms with van der Waals surface area (Å²) in [5.74, 6) is -4.30. The second-order valence-corrected chi connectivity index (χ2v) is 8.43. The van der Waals surface area contributed by atoms with Crippen LogP contribution in [0.3, 0.4) is 0 Å². The Morgan fingerprint density at radius 2 is 1.57 bits per heavy atom. The van der Waals surface area contributed by atoms with Gasteiger partial charge in [-0.05, 0) is 36.8 Å². The summed E-state index contributed by atoms with van der Waals surface area (Å²) in [6.45, 7) is 2.22. The van der Waals surface area contributed by atoms with E-state index in [1.807, 2.05) is 53.2 Å². The molecule has 1 saturated heterocycles. The van der Waals surface area contributed by atoms with Gasteiger partial charge in [0, 0.05) is 23.1 Å². The van der Waals surface area contributed by atoms with E-state index in [-0.39, 0.29) is 6.42 Å². The minimum Gasteiger partial charge on any atom is -0.489 e. The van der Waals surface area contributed by atoms with Crippen LogP contribution in [0.25, 0.3) is 10.9 Å². The van der Waals surface area contributed by atoms with Crippen molar-refractivity contribution in [3.63, 3.8) is 0 Å². The highest BCUT2D eigenvalue weighted by Gasteiger charge is 2.51. The maximum Gasteiger partial charge on any atom is 0.490 e. The number of alkyl halides is 3. The molecular formula is C25H21F3N4O8. The number of benzene rings is 2. The zero-order valence-electron chi connectivity index (χ0n) is 20.5. The average Bonchev–Trinajstić information content (AvgIpc) is 2.86. The van der Waals surface area contributed by atoms with Crippen LogP contribution in [0, 0.1) is 6.92 Å². The third kappa shape index (κ3) is 7.00. The number of rotatable bonds is 6. The predicted octanol–water partition coefficient (Wildman–Crippen LogP) is 2.67. The van der Waals surface area contributed by atoms with Crippen molar-refractivity contribution < 1.29 is 52.1 Å². The van der Waals surface area contributed by atoms with Crippen LogP contribution < -0.4 is 20.7 Å². The summed E-state index contributed by atoms with van der Waals surface area (Å²) in [6.07, 6.45) is -6.95. The molecule has 5 N–H and O–H groups in total. The van der Waals surface area contributed by atoms with Gasteiger partial charge in [-0.3, -0.25) is 30.5 Å². The number of para-hydroxylation sites is 1. The highest BCUT2D eigenvalue weighted by Crippen LogP contribution is 2.23. The smallest absolute Gasteiger partial charge is 0.489 e. The van der Waals surface area contributed by atoms with Gasteiger partial charge in [-0.25, -0.2) is 14.4 Å². The first-order chi connectivity index (χ1) is 18.7. The minimum atomic E-state index is -5.08. The van der Waals surface area contributed by atoms with Gasteiger partial charge in [0.05, 0.1) is 5.52 Å². The van der Waals surface area contributed by atoms with Crippen molar-refractivity contribution in [3.8, 4) is 5.75 Å². The second kappa shape index (κ2) is 11.7. The number of pyridine rings is 1. The van der Waals surface area contributed by atoms with Gasteiger partial charge in [-0.15, -0.1) is 0 Å². The number of urea groups is 1. The fraction of sp³-hybridized carbons (Fsp3) is 0.200. The van der Waals surface area contributed by atoms with Crippen LogP contribution in [0.2, 0.25) is 0 Å². The molecule has 3 aromatic rings. The molecule has 0 aliphatic carbocycles. The minimum absolute atomic E-state index is 0.293. The summed E-state index contributed by atoms with van der Waals surface area (Å²) in [5, 5.41) is 23.1. The first-order valence-electron chi connectivity index (χ1n) is 11.3. The van der Waals surface area contributed by atoms with E-state index >= 15 is 0 Å². The van der Waals surface area contributed by atoms with Crippen molar-refractivity contribution >= 4 is 40.8 Å². The number of carboxylic acids is 1. The molecule has 2 aromatic carbocycles. The van der Waals surface area contributed by atoms with Gasteiger partial charge in [-0.1, -0.05) is 30.3 Å². The number of aromatic nitrogens is 1. The Balaban J connectivity index is 0.000000559. The number of imide groups is 2. The fourth-order valence-electron chi connectivity index (χ4n) is 3.74. The zero-order chi connectivity index (χ0) is 29.7. The summed E-state index contributed by atoms with van der Waals surface area (Å²) in [6, 6.07) is 15.3. The molecule has 0 spiro atoms. The number of carbonyl (C=O) groups is 5. The second-order valence-electron chi connectivity index (χ2n) is 8.43. The Labute approximate surface area is 223 Å². The molecule has 0 unspecified atom stereocenters. The summed E-state index contributed by atoms with van der Waals surface area (Å²) < 4.78 is 37.6. The predicted molar refractivity (Wildman–Crippen MR) is 130 cm³/mol. The maximum absolute atomic E-state index is 12.4. The number of nitrogens with one attached hydrogen (secondary N) is 3. The molecule has 210 valence electrons. The lowest BCUT2D eigenvalue weighted by Gasteiger charge is -2.33. The SMILES string of the molecule is Cc1cc(COc2ccc(CC3(NC(=O)O)C(=O)NC(=O)NC3=O)cc2)c2ccccc2n1.O=C(O)C(F)(F)F. The van der Waals surface area contributed by atoms with Crippen molar-refractivity contribution in [2.75, 3.05) is 0 Å². The molecule has 1 aliphatic heterocycles. The van der Waals surface area contributed by atoms with Crippen molar-refractivity contribution in [2.24, 2.45) is 0 Å². The zero-order valence-corrected chi connectivity index (χ0v) is 20.5. The number of ether oxygens (including phenoxy) is 1. The molecule has 0 atom stereocenters. The molecule has 0 radical (unpaired) electrons. The van der Waals surface area contributed by atoms with Crippen molar-refractivity contribution in [2.45, 2.75) is 31.7 Å². The van der Waals surface area contributed by atoms with E-state index in [1.165, 1.54) is 0 Å². The standard InChI is InChI=1S/C23H20N4O6.C2HF3O2/c1-13-10-15(17-4-2-3-5-18(17)24-13)12-33-16-8-6-14(7-9-16)11-23(27-22(31)32)19(28)25-21(30)26-20(23)29;3-2(4,5)1(6)7/h2-10,27H,11-12H2,1H3,(H,31,32)(H2,25,26,28,29,30);(H,6,7). The van der Waals surface area contributed by atoms with E-state index < -0.39 is 41.6 Å². The van der Waals surface area contributed by atoms with Crippen LogP contribution in [-0.4, -0.2) is 56.8 Å². The molecule has 2 heterocycles. The fourth-order valence-corrected chi connectivity index (χ4v) is 3.74. The highest BCUT2D eigenvalue weighted by molar-refractivity contribution is 6.23. The number of hydrogen-bond acceptors (Lipinski definition) is 7. The Hall–Kier alpha value is -5.21. The highest BCUT2D eigenvalue weighted by atomic mass is 19.4. The largest absolute Gasteiger partial charge is 0.490 e. The number of carboxylic acid groups (broad SMARTS) is 2. The van der Waals surface area contributed by atoms with Crippen LogP contribution in [0.5, 0.6) is 5.75 Å². The molecular weight excluding hydrogens is 541 g/mol. The van der Waals surface area contributed by atoms with Crippen LogP contribution in [0.15, 0.2) is 54.6 Å². The molecule has 12 nitrogen and oxygen atoms in total. The van der Waals surface area contributed by atoms with Gasteiger partial charge in [0.15, 0.2) is 0 Å². The number of aryl methyl sites for hydroxylation is 1. The van der Waals surface area contributed by atoms with Gasteiger partial charge in [0.25, 0.3) is 11.8 Å². The summed E-state index contributed by atoms with van der Waals surface area (Å²) in [7, 11) is 0. The average molecular weight is 562 g/mol. The molecule has 5 amide bonds. The summed E-state index contributed by atoms with van der Waals surface area (Å²) >= 11 is 0. The van der Waals surface area contributed by atoms with E-state index in [0.29, 0.717) is 17.9 Å². The van der Waals surface area contributed by atoms with Crippen molar-refractivity contribution in [1.82, 2.24) is 20.9 Å². The molecule has 0 bridgehead atoms. The number of carbonyl (C=O) groups excluding carboxylic acids is 3. The summed E-state index contributed by atoms with van der Waals surface area (Å²) in [5.41, 5.74) is 1.05. The molecule has 1 fully saturated rings. The Kier molecular flexibility index (Phi) is 8.56. The van der Waals surface area contributed by atoms with Crippen LogP contribution in [0.1, 0.15) is 16.8 Å². The third-order valence-electron chi connectivity index (χ3n) is 5.51. The number of aliphatic carboxylic acids is 1. The number of hydrogen-bond donors (Lipinski definition) is 5. The Bertz CT molecular complexity index is 1460. The van der Waals surface area contributed by atoms with Gasteiger partial charge in [0.1, 0.15) is 12.4 Å². The van der Waals surface area contributed by atoms with Crippen LogP contribution in [-0.2, 0) is 27.4 Å². The number of amides is 5. The quantitative estimate of drug-likeness (QED) is 0.282. The van der Waals surface area contributed by atoms with Gasteiger partial charge >= 0.3 is 24.3 Å². The molecule has 40 heavy (non-hydrogen) atoms. The topological polar surface area (TPSA) is 184 Å². The lowest BCUT2D eigenvalue weighted by molar-refractivity contribution is -0.192. The van der Waals surface area contributed by atoms with Crippen LogP contribution in [0.4, 0.5) is 22.8 Å². The maximum atomic E-state index is 12.4. The van der Waals surface area contributed by atoms with Crippen molar-refractivity contribution in [3.05, 3.63) is 71.4 Å². The van der Waals surface area contributed by atoms with Gasteiger partial charge in [0.2, 0.25) is 5.54 Å². The number of halogens is 3. The monoisotopic (exact) mass is 562 g/mol. The normalized spacial score (nSPS) is 14.3. The Morgan fingerprint density at radius 1 is 1.00 bits per heavy atom.